The molecule has 0 aliphatic rings. The topological polar surface area (TPSA) is 55.4 Å². The van der Waals surface area contributed by atoms with Crippen LogP contribution in [-0.2, 0) is 6.61 Å². The van der Waals surface area contributed by atoms with Crippen molar-refractivity contribution in [2.75, 3.05) is 0 Å². The van der Waals surface area contributed by atoms with Crippen LogP contribution in [0.5, 0.6) is 5.75 Å². The highest BCUT2D eigenvalue weighted by Gasteiger charge is 2.07. The lowest BCUT2D eigenvalue weighted by Crippen LogP contribution is -2.29. The monoisotopic (exact) mass is 297 g/mol. The highest BCUT2D eigenvalue weighted by molar-refractivity contribution is 5.94. The largest absolute Gasteiger partial charge is 0.488 e. The second kappa shape index (κ2) is 7.41. The molecule has 0 saturated carbocycles. The predicted molar refractivity (Wildman–Crippen MR) is 85.2 cm³/mol. The Morgan fingerprint density at radius 1 is 1.14 bits per heavy atom. The lowest BCUT2D eigenvalue weighted by Gasteiger charge is -2.10. The summed E-state index contributed by atoms with van der Waals surface area (Å²) in [6.07, 6.45) is 0.773. The first-order valence-electron chi connectivity index (χ1n) is 7.17. The van der Waals surface area contributed by atoms with Crippen molar-refractivity contribution in [3.8, 4) is 5.75 Å². The number of amides is 1. The minimum absolute atomic E-state index is 0.0891. The number of rotatable bonds is 6. The van der Waals surface area contributed by atoms with Gasteiger partial charge in [-0.25, -0.2) is 0 Å². The Kier molecular flexibility index (Phi) is 5.31. The number of carbonyl (C=O) groups is 2. The molecule has 2 aromatic rings. The SMILES string of the molecule is CC(C)NC(=O)c1ccc(COc2ccccc2C=O)cc1. The fraction of sp³-hybridized carbons (Fsp3) is 0.222. The van der Waals surface area contributed by atoms with Crippen molar-refractivity contribution in [1.82, 2.24) is 5.32 Å². The van der Waals surface area contributed by atoms with Gasteiger partial charge < -0.3 is 10.1 Å². The van der Waals surface area contributed by atoms with Gasteiger partial charge in [-0.2, -0.15) is 0 Å². The summed E-state index contributed by atoms with van der Waals surface area (Å²) in [4.78, 5) is 22.8. The average molecular weight is 297 g/mol. The third-order valence-corrected chi connectivity index (χ3v) is 3.08. The molecular weight excluding hydrogens is 278 g/mol. The molecule has 0 bridgehead atoms. The van der Waals surface area contributed by atoms with E-state index in [9.17, 15) is 9.59 Å². The number of ether oxygens (including phenoxy) is 1. The van der Waals surface area contributed by atoms with Gasteiger partial charge in [-0.05, 0) is 43.7 Å². The first-order chi connectivity index (χ1) is 10.6. The van der Waals surface area contributed by atoms with Crippen LogP contribution in [0.3, 0.4) is 0 Å². The summed E-state index contributed by atoms with van der Waals surface area (Å²) in [6.45, 7) is 4.19. The molecule has 0 aliphatic heterocycles. The predicted octanol–water partition coefficient (Wildman–Crippen LogP) is 3.22. The molecule has 22 heavy (non-hydrogen) atoms. The van der Waals surface area contributed by atoms with Crippen LogP contribution in [0.1, 0.15) is 40.1 Å². The van der Waals surface area contributed by atoms with E-state index in [-0.39, 0.29) is 11.9 Å². The molecule has 0 fully saturated rings. The molecule has 4 heteroatoms. The van der Waals surface area contributed by atoms with Crippen molar-refractivity contribution in [2.24, 2.45) is 0 Å². The summed E-state index contributed by atoms with van der Waals surface area (Å²) in [5, 5.41) is 2.84. The third-order valence-electron chi connectivity index (χ3n) is 3.08. The fourth-order valence-corrected chi connectivity index (χ4v) is 1.97. The van der Waals surface area contributed by atoms with Crippen molar-refractivity contribution in [3.05, 3.63) is 65.2 Å². The normalized spacial score (nSPS) is 10.3. The molecule has 0 heterocycles. The van der Waals surface area contributed by atoms with Crippen LogP contribution in [0, 0.1) is 0 Å². The quantitative estimate of drug-likeness (QED) is 0.833. The maximum Gasteiger partial charge on any atom is 0.251 e. The zero-order valence-electron chi connectivity index (χ0n) is 12.7. The van der Waals surface area contributed by atoms with E-state index in [2.05, 4.69) is 5.32 Å². The fourth-order valence-electron chi connectivity index (χ4n) is 1.97. The molecule has 114 valence electrons. The van der Waals surface area contributed by atoms with Gasteiger partial charge in [0.15, 0.2) is 6.29 Å². The van der Waals surface area contributed by atoms with Crippen molar-refractivity contribution >= 4 is 12.2 Å². The van der Waals surface area contributed by atoms with E-state index in [1.165, 1.54) is 0 Å². The Morgan fingerprint density at radius 2 is 1.82 bits per heavy atom. The van der Waals surface area contributed by atoms with Crippen LogP contribution in [0.2, 0.25) is 0 Å². The van der Waals surface area contributed by atoms with E-state index >= 15 is 0 Å². The van der Waals surface area contributed by atoms with E-state index < -0.39 is 0 Å². The van der Waals surface area contributed by atoms with Gasteiger partial charge in [0.05, 0.1) is 5.56 Å². The number of nitrogens with one attached hydrogen (secondary N) is 1. The standard InChI is InChI=1S/C18H19NO3/c1-13(2)19-18(21)15-9-7-14(8-10-15)12-22-17-6-4-3-5-16(17)11-20/h3-11,13H,12H2,1-2H3,(H,19,21). The Balaban J connectivity index is 1.99. The van der Waals surface area contributed by atoms with Crippen LogP contribution in [-0.4, -0.2) is 18.2 Å². The summed E-state index contributed by atoms with van der Waals surface area (Å²) in [5.74, 6) is 0.466. The summed E-state index contributed by atoms with van der Waals surface area (Å²) in [6, 6.07) is 14.4. The zero-order chi connectivity index (χ0) is 15.9. The second-order valence-corrected chi connectivity index (χ2v) is 5.27. The minimum Gasteiger partial charge on any atom is -0.488 e. The van der Waals surface area contributed by atoms with E-state index in [1.54, 1.807) is 30.3 Å². The number of hydrogen-bond acceptors (Lipinski definition) is 3. The van der Waals surface area contributed by atoms with Gasteiger partial charge in [-0.3, -0.25) is 9.59 Å². The summed E-state index contributed by atoms with van der Waals surface area (Å²) in [5.41, 5.74) is 2.07. The van der Waals surface area contributed by atoms with Crippen LogP contribution >= 0.6 is 0 Å². The summed E-state index contributed by atoms with van der Waals surface area (Å²) < 4.78 is 5.65. The lowest BCUT2D eigenvalue weighted by atomic mass is 10.1. The first kappa shape index (κ1) is 15.8. The van der Waals surface area contributed by atoms with Crippen LogP contribution < -0.4 is 10.1 Å². The molecule has 0 unspecified atom stereocenters. The van der Waals surface area contributed by atoms with E-state index in [4.69, 9.17) is 4.74 Å². The maximum absolute atomic E-state index is 11.8. The van der Waals surface area contributed by atoms with Gasteiger partial charge >= 0.3 is 0 Å². The van der Waals surface area contributed by atoms with Crippen molar-refractivity contribution < 1.29 is 14.3 Å². The molecule has 1 N–H and O–H groups in total. The first-order valence-corrected chi connectivity index (χ1v) is 7.17. The highest BCUT2D eigenvalue weighted by Crippen LogP contribution is 2.17. The van der Waals surface area contributed by atoms with Crippen molar-refractivity contribution in [3.63, 3.8) is 0 Å². The molecule has 0 atom stereocenters. The average Bonchev–Trinajstić information content (AvgIpc) is 2.53. The van der Waals surface area contributed by atoms with E-state index in [0.717, 1.165) is 11.8 Å². The van der Waals surface area contributed by atoms with Gasteiger partial charge in [0.25, 0.3) is 5.91 Å². The lowest BCUT2D eigenvalue weighted by molar-refractivity contribution is 0.0942. The number of benzene rings is 2. The van der Waals surface area contributed by atoms with Gasteiger partial charge in [-0.1, -0.05) is 24.3 Å². The van der Waals surface area contributed by atoms with Gasteiger partial charge in [0.2, 0.25) is 0 Å². The molecular formula is C18H19NO3. The molecule has 4 nitrogen and oxygen atoms in total. The molecule has 2 rings (SSSR count). The minimum atomic E-state index is -0.0891. The molecule has 0 radical (unpaired) electrons. The highest BCUT2D eigenvalue weighted by atomic mass is 16.5. The van der Waals surface area contributed by atoms with Gasteiger partial charge in [-0.15, -0.1) is 0 Å². The number of hydrogen-bond donors (Lipinski definition) is 1. The molecule has 1 amide bonds. The Morgan fingerprint density at radius 3 is 2.45 bits per heavy atom. The molecule has 0 spiro atoms. The third kappa shape index (κ3) is 4.19. The molecule has 2 aromatic carbocycles. The number of para-hydroxylation sites is 1. The van der Waals surface area contributed by atoms with Crippen molar-refractivity contribution in [1.29, 1.82) is 0 Å². The zero-order valence-corrected chi connectivity index (χ0v) is 12.7. The summed E-state index contributed by atoms with van der Waals surface area (Å²) >= 11 is 0. The van der Waals surface area contributed by atoms with Crippen LogP contribution in [0.25, 0.3) is 0 Å². The molecule has 0 aliphatic carbocycles. The van der Waals surface area contributed by atoms with E-state index in [0.29, 0.717) is 23.5 Å². The Bertz CT molecular complexity index is 648. The molecule has 0 aromatic heterocycles. The number of aldehydes is 1. The summed E-state index contributed by atoms with van der Waals surface area (Å²) in [7, 11) is 0. The van der Waals surface area contributed by atoms with Crippen molar-refractivity contribution in [2.45, 2.75) is 26.5 Å². The van der Waals surface area contributed by atoms with Gasteiger partial charge in [0.1, 0.15) is 12.4 Å². The van der Waals surface area contributed by atoms with Crippen LogP contribution in [0.4, 0.5) is 0 Å². The maximum atomic E-state index is 11.8. The second-order valence-electron chi connectivity index (χ2n) is 5.27. The van der Waals surface area contributed by atoms with E-state index in [1.807, 2.05) is 32.0 Å². The molecule has 0 saturated heterocycles. The van der Waals surface area contributed by atoms with Crippen LogP contribution in [0.15, 0.2) is 48.5 Å². The Labute approximate surface area is 130 Å². The smallest absolute Gasteiger partial charge is 0.251 e. The van der Waals surface area contributed by atoms with Gasteiger partial charge in [0, 0.05) is 11.6 Å². The number of carbonyl (C=O) groups excluding carboxylic acids is 2. The Hall–Kier alpha value is -2.62.